The summed E-state index contributed by atoms with van der Waals surface area (Å²) in [6.45, 7) is 3.01. The largest absolute Gasteiger partial charge is 0.497 e. The topological polar surface area (TPSA) is 83.5 Å². The number of amides is 1. The second kappa shape index (κ2) is 15.4. The van der Waals surface area contributed by atoms with Gasteiger partial charge < -0.3 is 23.7 Å². The molecule has 3 aromatic carbocycles. The van der Waals surface area contributed by atoms with Crippen LogP contribution in [0.25, 0.3) is 6.08 Å². The number of nitrogens with zero attached hydrogens (tertiary/aromatic N) is 1. The van der Waals surface area contributed by atoms with Crippen LogP contribution >= 0.6 is 11.6 Å². The first-order chi connectivity index (χ1) is 23.9. The van der Waals surface area contributed by atoms with Crippen LogP contribution in [0.3, 0.4) is 0 Å². The van der Waals surface area contributed by atoms with Crippen molar-refractivity contribution in [2.24, 2.45) is 5.92 Å². The fourth-order valence-corrected chi connectivity index (χ4v) is 7.45. The molecular formula is C38H41ClF3NO7. The zero-order valence-electron chi connectivity index (χ0n) is 28.5. The number of halogens is 4. The third-order valence-electron chi connectivity index (χ3n) is 9.66. The minimum absolute atomic E-state index is 0.0360. The molecule has 1 saturated carbocycles. The summed E-state index contributed by atoms with van der Waals surface area (Å²) in [5.74, 6) is -1.67. The average Bonchev–Trinajstić information content (AvgIpc) is 3.38. The zero-order valence-corrected chi connectivity index (χ0v) is 29.2. The van der Waals surface area contributed by atoms with Gasteiger partial charge in [-0.3, -0.25) is 9.69 Å². The first-order valence-electron chi connectivity index (χ1n) is 16.3. The predicted octanol–water partition coefficient (Wildman–Crippen LogP) is 8.29. The van der Waals surface area contributed by atoms with Gasteiger partial charge in [0.15, 0.2) is 6.79 Å². The lowest BCUT2D eigenvalue weighted by atomic mass is 9.61. The Balaban J connectivity index is 1.47. The highest BCUT2D eigenvalue weighted by Gasteiger charge is 2.59. The van der Waals surface area contributed by atoms with Crippen LogP contribution in [0.1, 0.15) is 55.7 Å². The molecule has 5 rings (SSSR count). The Labute approximate surface area is 295 Å². The molecule has 0 unspecified atom stereocenters. The first-order valence-corrected chi connectivity index (χ1v) is 16.7. The van der Waals surface area contributed by atoms with E-state index in [4.69, 9.17) is 35.3 Å². The van der Waals surface area contributed by atoms with Crippen molar-refractivity contribution in [1.29, 1.82) is 0 Å². The van der Waals surface area contributed by atoms with Gasteiger partial charge in [-0.05, 0) is 97.2 Å². The third-order valence-corrected chi connectivity index (χ3v) is 9.90. The summed E-state index contributed by atoms with van der Waals surface area (Å²) in [6, 6.07) is 18.9. The molecule has 1 fully saturated rings. The maximum Gasteiger partial charge on any atom is 0.471 e. The summed E-state index contributed by atoms with van der Waals surface area (Å²) < 4.78 is 70.1. The lowest BCUT2D eigenvalue weighted by molar-refractivity contribution is -0.174. The van der Waals surface area contributed by atoms with Crippen molar-refractivity contribution in [3.05, 3.63) is 94.0 Å². The van der Waals surface area contributed by atoms with Gasteiger partial charge in [0.05, 0.1) is 20.8 Å². The van der Waals surface area contributed by atoms with Crippen molar-refractivity contribution in [2.75, 3.05) is 39.6 Å². The summed E-state index contributed by atoms with van der Waals surface area (Å²) >= 11 is 6.18. The summed E-state index contributed by atoms with van der Waals surface area (Å²) in [6.07, 6.45) is -2.19. The van der Waals surface area contributed by atoms with E-state index >= 15 is 0 Å². The van der Waals surface area contributed by atoms with Crippen molar-refractivity contribution in [1.82, 2.24) is 0 Å². The number of methoxy groups -OCH3 is 3. The number of ether oxygens (including phenoxy) is 5. The summed E-state index contributed by atoms with van der Waals surface area (Å²) in [5, 5.41) is 0.122. The molecule has 0 aromatic heterocycles. The lowest BCUT2D eigenvalue weighted by Crippen LogP contribution is -2.63. The van der Waals surface area contributed by atoms with Gasteiger partial charge in [0.2, 0.25) is 0 Å². The van der Waals surface area contributed by atoms with Crippen molar-refractivity contribution in [3.8, 4) is 11.5 Å². The number of fused-ring (bicyclic) bond motifs is 2. The van der Waals surface area contributed by atoms with E-state index in [0.717, 1.165) is 35.1 Å². The molecule has 0 bridgehead atoms. The second-order valence-corrected chi connectivity index (χ2v) is 13.3. The van der Waals surface area contributed by atoms with Gasteiger partial charge in [0, 0.05) is 29.8 Å². The number of allylic oxidation sites excluding steroid dienone is 1. The maximum atomic E-state index is 14.2. The molecule has 0 saturated heterocycles. The number of hydrogen-bond donors (Lipinski definition) is 0. The smallest absolute Gasteiger partial charge is 0.471 e. The Morgan fingerprint density at radius 2 is 1.64 bits per heavy atom. The predicted molar refractivity (Wildman–Crippen MR) is 183 cm³/mol. The number of benzene rings is 3. The highest BCUT2D eigenvalue weighted by molar-refractivity contribution is 6.31. The van der Waals surface area contributed by atoms with Crippen molar-refractivity contribution < 1.29 is 46.4 Å². The molecule has 50 heavy (non-hydrogen) atoms. The van der Waals surface area contributed by atoms with E-state index in [0.29, 0.717) is 30.3 Å². The fraction of sp³-hybridized carbons (Fsp3) is 0.421. The molecule has 0 N–H and O–H groups in total. The van der Waals surface area contributed by atoms with Crippen LogP contribution in [0.2, 0.25) is 5.02 Å². The van der Waals surface area contributed by atoms with Crippen molar-refractivity contribution in [3.63, 3.8) is 0 Å². The molecule has 3 aromatic rings. The molecular weight excluding hydrogens is 675 g/mol. The Morgan fingerprint density at radius 3 is 2.26 bits per heavy atom. The second-order valence-electron chi connectivity index (χ2n) is 12.9. The summed E-state index contributed by atoms with van der Waals surface area (Å²) in [7, 11) is 4.25. The Morgan fingerprint density at radius 1 is 0.940 bits per heavy atom. The monoisotopic (exact) mass is 715 g/mol. The highest BCUT2D eigenvalue weighted by Crippen LogP contribution is 2.57. The highest BCUT2D eigenvalue weighted by atomic mass is 35.5. The standard InChI is InChI=1S/C38H41ClF3NO7/c1-25(22-49-23-26-8-11-31(47-3)12-9-26)18-28-19-27-10-13-32(50-24-46-2)21-33(27)36(28)14-16-37(17-15-36,35(45)48-4)43(34(44)38(40,41)42)30-7-5-6-29(39)20-30/h5-13,19-21,25H,14-18,22-24H2,1-4H3/t25-,36?,37?/m1/s1. The number of alkyl halides is 3. The van der Waals surface area contributed by atoms with Gasteiger partial charge in [-0.25, -0.2) is 4.79 Å². The van der Waals surface area contributed by atoms with E-state index in [-0.39, 0.29) is 49.1 Å². The van der Waals surface area contributed by atoms with Gasteiger partial charge in [-0.2, -0.15) is 13.2 Å². The van der Waals surface area contributed by atoms with Gasteiger partial charge in [-0.15, -0.1) is 0 Å². The van der Waals surface area contributed by atoms with Crippen LogP contribution in [0, 0.1) is 5.92 Å². The van der Waals surface area contributed by atoms with E-state index in [1.807, 2.05) is 42.5 Å². The third kappa shape index (κ3) is 7.65. The van der Waals surface area contributed by atoms with Gasteiger partial charge in [-0.1, -0.05) is 54.4 Å². The van der Waals surface area contributed by atoms with E-state index in [1.165, 1.54) is 31.4 Å². The van der Waals surface area contributed by atoms with E-state index in [9.17, 15) is 22.8 Å². The molecule has 1 atom stereocenters. The molecule has 0 heterocycles. The lowest BCUT2D eigenvalue weighted by Gasteiger charge is -2.50. The van der Waals surface area contributed by atoms with Crippen LogP contribution in [0.4, 0.5) is 18.9 Å². The maximum absolute atomic E-state index is 14.2. The van der Waals surface area contributed by atoms with E-state index in [1.54, 1.807) is 7.11 Å². The molecule has 2 aliphatic rings. The van der Waals surface area contributed by atoms with Crippen molar-refractivity contribution in [2.45, 2.75) is 62.8 Å². The number of rotatable bonds is 13. The Bertz CT molecular complexity index is 1700. The molecule has 12 heteroatoms. The minimum atomic E-state index is -5.27. The molecule has 268 valence electrons. The normalized spacial score (nSPS) is 20.5. The number of anilines is 1. The van der Waals surface area contributed by atoms with Crippen LogP contribution < -0.4 is 14.4 Å². The SMILES string of the molecule is COCOc1ccc2c(c1)C1(CCC(C(=O)OC)(N(C(=O)C(F)(F)F)c3cccc(Cl)c3)CC1)C(C[C@@H](C)COCc1ccc(OC)cc1)=C2. The number of carbonyl (C=O) groups excluding carboxylic acids is 2. The number of carbonyl (C=O) groups is 2. The molecule has 0 aliphatic heterocycles. The minimum Gasteiger partial charge on any atom is -0.497 e. The van der Waals surface area contributed by atoms with Crippen molar-refractivity contribution >= 4 is 35.2 Å². The van der Waals surface area contributed by atoms with Crippen LogP contribution in [-0.4, -0.2) is 58.3 Å². The van der Waals surface area contributed by atoms with Gasteiger partial charge in [0.25, 0.3) is 0 Å². The molecule has 1 amide bonds. The average molecular weight is 716 g/mol. The van der Waals surface area contributed by atoms with E-state index < -0.39 is 29.0 Å². The quantitative estimate of drug-likeness (QED) is 0.130. The summed E-state index contributed by atoms with van der Waals surface area (Å²) in [4.78, 5) is 27.4. The van der Waals surface area contributed by atoms with Gasteiger partial charge in [0.1, 0.15) is 17.0 Å². The molecule has 0 radical (unpaired) electrons. The van der Waals surface area contributed by atoms with E-state index in [2.05, 4.69) is 13.0 Å². The fourth-order valence-electron chi connectivity index (χ4n) is 7.27. The Hall–Kier alpha value is -4.06. The summed E-state index contributed by atoms with van der Waals surface area (Å²) in [5.41, 5.74) is 1.26. The van der Waals surface area contributed by atoms with Crippen LogP contribution in [-0.2, 0) is 35.8 Å². The van der Waals surface area contributed by atoms with Crippen LogP contribution in [0.5, 0.6) is 11.5 Å². The number of hydrogen-bond acceptors (Lipinski definition) is 7. The first kappa shape index (κ1) is 37.2. The zero-order chi connectivity index (χ0) is 36.1. The van der Waals surface area contributed by atoms with Gasteiger partial charge >= 0.3 is 18.1 Å². The number of esters is 1. The Kier molecular flexibility index (Phi) is 11.5. The van der Waals surface area contributed by atoms with Crippen LogP contribution in [0.15, 0.2) is 72.3 Å². The molecule has 2 aliphatic carbocycles. The molecule has 8 nitrogen and oxygen atoms in total. The molecule has 1 spiro atoms.